The number of likely N-dealkylation sites (N-methyl/N-ethyl adjacent to an activating group) is 1. The second-order valence-corrected chi connectivity index (χ2v) is 7.67. The molecule has 0 saturated heterocycles. The van der Waals surface area contributed by atoms with E-state index >= 15 is 0 Å². The Morgan fingerprint density at radius 3 is 2.57 bits per heavy atom. The van der Waals surface area contributed by atoms with Gasteiger partial charge in [-0.05, 0) is 77.0 Å². The van der Waals surface area contributed by atoms with Crippen LogP contribution in [-0.2, 0) is 6.42 Å². The highest BCUT2D eigenvalue weighted by atomic mass is 127. The number of hydrogen-bond donors (Lipinski definition) is 1. The zero-order valence-corrected chi connectivity index (χ0v) is 16.8. The Labute approximate surface area is 155 Å². The normalized spacial score (nSPS) is 12.4. The van der Waals surface area contributed by atoms with E-state index in [0.717, 1.165) is 27.5 Å². The lowest BCUT2D eigenvalue weighted by molar-refractivity contribution is 0.545. The van der Waals surface area contributed by atoms with Gasteiger partial charge >= 0.3 is 0 Å². The van der Waals surface area contributed by atoms with Gasteiger partial charge < -0.3 is 5.32 Å². The van der Waals surface area contributed by atoms with Crippen molar-refractivity contribution < 1.29 is 4.39 Å². The molecule has 1 atom stereocenters. The minimum absolute atomic E-state index is 0.181. The zero-order chi connectivity index (χ0) is 15.4. The van der Waals surface area contributed by atoms with Crippen molar-refractivity contribution in [3.8, 4) is 0 Å². The minimum Gasteiger partial charge on any atom is -0.310 e. The molecule has 1 N–H and O–H groups in total. The quantitative estimate of drug-likeness (QED) is 0.482. The van der Waals surface area contributed by atoms with Gasteiger partial charge in [0, 0.05) is 18.6 Å². The first-order valence-electron chi connectivity index (χ1n) is 6.63. The molecule has 0 fully saturated rings. The number of halogens is 4. The Balaban J connectivity index is 2.32. The average Bonchev–Trinajstić information content (AvgIpc) is 2.44. The third-order valence-electron chi connectivity index (χ3n) is 3.22. The van der Waals surface area contributed by atoms with E-state index in [0.29, 0.717) is 0 Å². The van der Waals surface area contributed by atoms with Crippen molar-refractivity contribution >= 4 is 54.5 Å². The molecule has 0 aliphatic carbocycles. The standard InChI is InChI=1S/C16H15Br2FIN/c1-2-21-16(13-9-12(20)5-6-14(13)17)7-10-3-4-11(19)8-15(10)18/h3-6,8-9,16,21H,2,7H2,1H3. The molecular formula is C16H15Br2FIN. The average molecular weight is 527 g/mol. The van der Waals surface area contributed by atoms with Crippen molar-refractivity contribution in [3.63, 3.8) is 0 Å². The minimum atomic E-state index is -0.221. The van der Waals surface area contributed by atoms with E-state index in [1.807, 2.05) is 6.07 Å². The summed E-state index contributed by atoms with van der Waals surface area (Å²) < 4.78 is 16.3. The summed E-state index contributed by atoms with van der Waals surface area (Å²) >= 11 is 9.40. The van der Waals surface area contributed by atoms with E-state index in [1.54, 1.807) is 0 Å². The van der Waals surface area contributed by atoms with E-state index in [2.05, 4.69) is 84.9 Å². The summed E-state index contributed by atoms with van der Waals surface area (Å²) in [4.78, 5) is 0. The first-order chi connectivity index (χ1) is 10.0. The van der Waals surface area contributed by atoms with Crippen LogP contribution in [0.15, 0.2) is 45.3 Å². The van der Waals surface area contributed by atoms with Crippen LogP contribution in [0.1, 0.15) is 24.1 Å². The molecule has 0 spiro atoms. The summed E-state index contributed by atoms with van der Waals surface area (Å²) in [5.41, 5.74) is 2.31. The van der Waals surface area contributed by atoms with Crippen LogP contribution in [0, 0.1) is 9.39 Å². The molecule has 1 nitrogen and oxygen atoms in total. The Kier molecular flexibility index (Phi) is 6.65. The number of hydrogen-bond acceptors (Lipinski definition) is 1. The van der Waals surface area contributed by atoms with Gasteiger partial charge in [0.1, 0.15) is 5.82 Å². The maximum Gasteiger partial charge on any atom is 0.124 e. The van der Waals surface area contributed by atoms with Crippen molar-refractivity contribution in [1.82, 2.24) is 5.32 Å². The van der Waals surface area contributed by atoms with Gasteiger partial charge in [-0.3, -0.25) is 0 Å². The molecule has 5 heteroatoms. The molecule has 2 aromatic rings. The van der Waals surface area contributed by atoms with Gasteiger partial charge in [0.25, 0.3) is 0 Å². The molecule has 21 heavy (non-hydrogen) atoms. The molecule has 0 aromatic heterocycles. The molecule has 0 radical (unpaired) electrons. The summed E-state index contributed by atoms with van der Waals surface area (Å²) in [6.45, 7) is 2.97. The van der Waals surface area contributed by atoms with E-state index in [1.165, 1.54) is 21.3 Å². The van der Waals surface area contributed by atoms with Crippen molar-refractivity contribution in [2.24, 2.45) is 0 Å². The fourth-order valence-electron chi connectivity index (χ4n) is 2.23. The van der Waals surface area contributed by atoms with Gasteiger partial charge in [0.05, 0.1) is 0 Å². The van der Waals surface area contributed by atoms with Crippen LogP contribution in [0.3, 0.4) is 0 Å². The predicted molar refractivity (Wildman–Crippen MR) is 101 cm³/mol. The van der Waals surface area contributed by atoms with Gasteiger partial charge in [-0.25, -0.2) is 4.39 Å². The fraction of sp³-hybridized carbons (Fsp3) is 0.250. The number of rotatable bonds is 5. The first kappa shape index (κ1) is 17.4. The smallest absolute Gasteiger partial charge is 0.124 e. The van der Waals surface area contributed by atoms with Crippen LogP contribution in [0.4, 0.5) is 4.39 Å². The van der Waals surface area contributed by atoms with Crippen LogP contribution < -0.4 is 5.32 Å². The lowest BCUT2D eigenvalue weighted by Crippen LogP contribution is -2.23. The molecule has 112 valence electrons. The second kappa shape index (κ2) is 8.04. The molecule has 2 aromatic carbocycles. The Morgan fingerprint density at radius 2 is 1.90 bits per heavy atom. The Morgan fingerprint density at radius 1 is 1.14 bits per heavy atom. The van der Waals surface area contributed by atoms with Crippen molar-refractivity contribution in [3.05, 3.63) is 65.9 Å². The molecule has 0 bridgehead atoms. The molecule has 2 rings (SSSR count). The lowest BCUT2D eigenvalue weighted by atomic mass is 9.99. The van der Waals surface area contributed by atoms with Gasteiger partial charge in [-0.2, -0.15) is 0 Å². The molecule has 0 heterocycles. The van der Waals surface area contributed by atoms with Gasteiger partial charge in [0.2, 0.25) is 0 Å². The third-order valence-corrected chi connectivity index (χ3v) is 5.35. The molecule has 1 unspecified atom stereocenters. The fourth-order valence-corrected chi connectivity index (χ4v) is 3.78. The maximum atomic E-state index is 13.2. The molecular weight excluding hydrogens is 512 g/mol. The highest BCUT2D eigenvalue weighted by Gasteiger charge is 2.16. The number of benzene rings is 2. The second-order valence-electron chi connectivity index (χ2n) is 4.72. The molecule has 0 amide bonds. The summed E-state index contributed by atoms with van der Waals surface area (Å²) in [5, 5.41) is 3.51. The van der Waals surface area contributed by atoms with E-state index in [4.69, 9.17) is 0 Å². The van der Waals surface area contributed by atoms with Crippen molar-refractivity contribution in [2.45, 2.75) is 19.4 Å². The SMILES string of the molecule is CCNC(Cc1ccc(F)cc1Br)c1cc(I)ccc1Br. The van der Waals surface area contributed by atoms with Crippen LogP contribution in [0.5, 0.6) is 0 Å². The van der Waals surface area contributed by atoms with Gasteiger partial charge in [-0.1, -0.05) is 44.8 Å². The highest BCUT2D eigenvalue weighted by molar-refractivity contribution is 14.1. The predicted octanol–water partition coefficient (Wildman–Crippen LogP) is 5.85. The van der Waals surface area contributed by atoms with Crippen LogP contribution >= 0.6 is 54.5 Å². The van der Waals surface area contributed by atoms with Crippen LogP contribution in [0.2, 0.25) is 0 Å². The van der Waals surface area contributed by atoms with E-state index < -0.39 is 0 Å². The van der Waals surface area contributed by atoms with E-state index in [9.17, 15) is 4.39 Å². The lowest BCUT2D eigenvalue weighted by Gasteiger charge is -2.21. The Hall–Kier alpha value is 0.0200. The third kappa shape index (κ3) is 4.74. The molecule has 0 saturated carbocycles. The monoisotopic (exact) mass is 525 g/mol. The summed E-state index contributed by atoms with van der Waals surface area (Å²) in [5.74, 6) is -0.221. The topological polar surface area (TPSA) is 12.0 Å². The number of nitrogens with one attached hydrogen (secondary N) is 1. The zero-order valence-electron chi connectivity index (χ0n) is 11.5. The first-order valence-corrected chi connectivity index (χ1v) is 9.30. The van der Waals surface area contributed by atoms with Crippen molar-refractivity contribution in [1.29, 1.82) is 0 Å². The van der Waals surface area contributed by atoms with E-state index in [-0.39, 0.29) is 11.9 Å². The highest BCUT2D eigenvalue weighted by Crippen LogP contribution is 2.30. The van der Waals surface area contributed by atoms with Crippen LogP contribution in [-0.4, -0.2) is 6.54 Å². The molecule has 0 aliphatic heterocycles. The van der Waals surface area contributed by atoms with Crippen LogP contribution in [0.25, 0.3) is 0 Å². The van der Waals surface area contributed by atoms with Gasteiger partial charge in [0.15, 0.2) is 0 Å². The maximum absolute atomic E-state index is 13.2. The summed E-state index contributed by atoms with van der Waals surface area (Å²) in [7, 11) is 0. The van der Waals surface area contributed by atoms with Gasteiger partial charge in [-0.15, -0.1) is 0 Å². The Bertz CT molecular complexity index is 634. The summed E-state index contributed by atoms with van der Waals surface area (Å²) in [6.07, 6.45) is 0.799. The molecule has 0 aliphatic rings. The summed E-state index contributed by atoms with van der Waals surface area (Å²) in [6, 6.07) is 11.4. The van der Waals surface area contributed by atoms with Crippen molar-refractivity contribution in [2.75, 3.05) is 6.54 Å². The largest absolute Gasteiger partial charge is 0.310 e.